The topological polar surface area (TPSA) is 93.7 Å². The quantitative estimate of drug-likeness (QED) is 0.531. The van der Waals surface area contributed by atoms with Gasteiger partial charge in [-0.15, -0.1) is 0 Å². The van der Waals surface area contributed by atoms with E-state index in [9.17, 15) is 14.4 Å². The van der Waals surface area contributed by atoms with Gasteiger partial charge < -0.3 is 9.47 Å². The van der Waals surface area contributed by atoms with Gasteiger partial charge in [0.25, 0.3) is 11.8 Å². The summed E-state index contributed by atoms with van der Waals surface area (Å²) in [4.78, 5) is 34.8. The molecular weight excluding hydrogens is 372 g/mol. The van der Waals surface area contributed by atoms with Crippen LogP contribution in [-0.2, 0) is 25.5 Å². The van der Waals surface area contributed by atoms with Gasteiger partial charge in [-0.05, 0) is 36.2 Å². The third-order valence-electron chi connectivity index (χ3n) is 3.35. The Labute approximate surface area is 161 Å². The van der Waals surface area contributed by atoms with Gasteiger partial charge in [0.15, 0.2) is 13.2 Å². The van der Waals surface area contributed by atoms with Gasteiger partial charge in [-0.25, -0.2) is 0 Å². The molecule has 2 rings (SSSR count). The number of esters is 1. The monoisotopic (exact) mass is 390 g/mol. The third-order valence-corrected chi connectivity index (χ3v) is 3.60. The summed E-state index contributed by atoms with van der Waals surface area (Å²) in [6.45, 7) is -0.773. The lowest BCUT2D eigenvalue weighted by atomic mass is 10.1. The molecule has 0 saturated heterocycles. The number of nitrogens with one attached hydrogen (secondary N) is 2. The van der Waals surface area contributed by atoms with Crippen molar-refractivity contribution in [2.45, 2.75) is 12.8 Å². The highest BCUT2D eigenvalue weighted by molar-refractivity contribution is 6.30. The summed E-state index contributed by atoms with van der Waals surface area (Å²) in [6, 6.07) is 15.9. The number of ether oxygens (including phenoxy) is 2. The average molecular weight is 391 g/mol. The molecule has 2 N–H and O–H groups in total. The zero-order valence-corrected chi connectivity index (χ0v) is 15.2. The Morgan fingerprint density at radius 1 is 0.852 bits per heavy atom. The first-order valence-electron chi connectivity index (χ1n) is 8.18. The second-order valence-electron chi connectivity index (χ2n) is 5.49. The van der Waals surface area contributed by atoms with Gasteiger partial charge in [-0.3, -0.25) is 25.2 Å². The number of carbonyl (C=O) groups excluding carboxylic acids is 3. The lowest BCUT2D eigenvalue weighted by Gasteiger charge is -2.09. The molecule has 0 atom stereocenters. The average Bonchev–Trinajstić information content (AvgIpc) is 2.69. The molecule has 27 heavy (non-hydrogen) atoms. The predicted octanol–water partition coefficient (Wildman–Crippen LogP) is 2.04. The number of hydrogen-bond acceptors (Lipinski definition) is 5. The van der Waals surface area contributed by atoms with Crippen LogP contribution in [0.1, 0.15) is 12.0 Å². The molecule has 0 bridgehead atoms. The summed E-state index contributed by atoms with van der Waals surface area (Å²) in [5.41, 5.74) is 5.31. The highest BCUT2D eigenvalue weighted by atomic mass is 35.5. The number of halogens is 1. The van der Waals surface area contributed by atoms with E-state index in [-0.39, 0.29) is 13.0 Å². The molecule has 0 saturated carbocycles. The molecule has 0 aliphatic carbocycles. The van der Waals surface area contributed by atoms with Crippen LogP contribution < -0.4 is 15.6 Å². The highest BCUT2D eigenvalue weighted by Crippen LogP contribution is 2.15. The molecular formula is C19H19ClN2O5. The van der Waals surface area contributed by atoms with Crippen molar-refractivity contribution in [2.24, 2.45) is 0 Å². The van der Waals surface area contributed by atoms with Crippen LogP contribution in [0.3, 0.4) is 0 Å². The van der Waals surface area contributed by atoms with Crippen molar-refractivity contribution in [3.63, 3.8) is 0 Å². The fourth-order valence-electron chi connectivity index (χ4n) is 2.00. The van der Waals surface area contributed by atoms with E-state index in [4.69, 9.17) is 21.1 Å². The second kappa shape index (κ2) is 10.8. The Bertz CT molecular complexity index is 765. The maximum Gasteiger partial charge on any atom is 0.306 e. The molecule has 2 aromatic carbocycles. The van der Waals surface area contributed by atoms with Crippen LogP contribution in [0.4, 0.5) is 0 Å². The minimum Gasteiger partial charge on any atom is -0.484 e. The maximum absolute atomic E-state index is 11.6. The predicted molar refractivity (Wildman–Crippen MR) is 99.0 cm³/mol. The number of aryl methyl sites for hydroxylation is 1. The molecule has 142 valence electrons. The maximum atomic E-state index is 11.6. The van der Waals surface area contributed by atoms with Crippen LogP contribution in [0.15, 0.2) is 54.6 Å². The molecule has 0 unspecified atom stereocenters. The Morgan fingerprint density at radius 3 is 2.15 bits per heavy atom. The Morgan fingerprint density at radius 2 is 1.48 bits per heavy atom. The summed E-state index contributed by atoms with van der Waals surface area (Å²) in [5, 5.41) is 0.553. The van der Waals surface area contributed by atoms with E-state index < -0.39 is 24.4 Å². The Kier molecular flexibility index (Phi) is 8.12. The summed E-state index contributed by atoms with van der Waals surface area (Å²) < 4.78 is 10.1. The van der Waals surface area contributed by atoms with Gasteiger partial charge in [0.2, 0.25) is 0 Å². The lowest BCUT2D eigenvalue weighted by molar-refractivity contribution is -0.149. The Hall–Kier alpha value is -3.06. The summed E-state index contributed by atoms with van der Waals surface area (Å²) >= 11 is 5.74. The fraction of sp³-hybridized carbons (Fsp3) is 0.211. The van der Waals surface area contributed by atoms with E-state index in [2.05, 4.69) is 10.9 Å². The van der Waals surface area contributed by atoms with E-state index in [1.807, 2.05) is 30.3 Å². The normalized spacial score (nSPS) is 9.96. The number of amides is 2. The van der Waals surface area contributed by atoms with Crippen molar-refractivity contribution in [3.8, 4) is 5.75 Å². The molecule has 7 nitrogen and oxygen atoms in total. The first kappa shape index (κ1) is 20.3. The molecule has 0 fully saturated rings. The fourth-order valence-corrected chi connectivity index (χ4v) is 2.13. The molecule has 8 heteroatoms. The van der Waals surface area contributed by atoms with Crippen molar-refractivity contribution in [2.75, 3.05) is 13.2 Å². The van der Waals surface area contributed by atoms with Crippen molar-refractivity contribution < 1.29 is 23.9 Å². The number of carbonyl (C=O) groups is 3. The van der Waals surface area contributed by atoms with E-state index in [1.165, 1.54) is 0 Å². The van der Waals surface area contributed by atoms with Crippen LogP contribution in [0.5, 0.6) is 5.75 Å². The van der Waals surface area contributed by atoms with Crippen molar-refractivity contribution in [1.29, 1.82) is 0 Å². The van der Waals surface area contributed by atoms with Crippen LogP contribution in [0.2, 0.25) is 5.02 Å². The molecule has 0 aliphatic rings. The molecule has 0 aromatic heterocycles. The molecule has 0 aliphatic heterocycles. The van der Waals surface area contributed by atoms with Crippen molar-refractivity contribution >= 4 is 29.4 Å². The minimum absolute atomic E-state index is 0.165. The molecule has 0 spiro atoms. The summed E-state index contributed by atoms with van der Waals surface area (Å²) in [6.07, 6.45) is 0.693. The number of rotatable bonds is 8. The number of hydrazine groups is 1. The summed E-state index contributed by atoms with van der Waals surface area (Å²) in [5.74, 6) is -1.24. The van der Waals surface area contributed by atoms with Crippen LogP contribution in [0, 0.1) is 0 Å². The number of benzene rings is 2. The van der Waals surface area contributed by atoms with Crippen LogP contribution in [0.25, 0.3) is 0 Å². The number of hydrogen-bond donors (Lipinski definition) is 2. The standard InChI is InChI=1S/C19H19ClN2O5/c20-15-7-9-16(10-8-15)26-12-17(23)21-22-18(24)13-27-19(25)11-6-14-4-2-1-3-5-14/h1-5,7-10H,6,11-13H2,(H,21,23)(H,22,24). The smallest absolute Gasteiger partial charge is 0.306 e. The van der Waals surface area contributed by atoms with E-state index in [0.717, 1.165) is 5.56 Å². The van der Waals surface area contributed by atoms with Crippen LogP contribution >= 0.6 is 11.6 Å². The minimum atomic E-state index is -0.650. The van der Waals surface area contributed by atoms with Gasteiger partial charge in [0, 0.05) is 11.4 Å². The summed E-state index contributed by atoms with van der Waals surface area (Å²) in [7, 11) is 0. The van der Waals surface area contributed by atoms with Crippen LogP contribution in [-0.4, -0.2) is 31.0 Å². The third kappa shape index (κ3) is 8.24. The van der Waals surface area contributed by atoms with Gasteiger partial charge in [-0.1, -0.05) is 41.9 Å². The van der Waals surface area contributed by atoms with E-state index >= 15 is 0 Å². The van der Waals surface area contributed by atoms with E-state index in [0.29, 0.717) is 17.2 Å². The highest BCUT2D eigenvalue weighted by Gasteiger charge is 2.09. The van der Waals surface area contributed by atoms with Crippen molar-refractivity contribution in [3.05, 3.63) is 65.2 Å². The molecule has 2 aromatic rings. The lowest BCUT2D eigenvalue weighted by Crippen LogP contribution is -2.45. The van der Waals surface area contributed by atoms with Gasteiger partial charge in [0.1, 0.15) is 5.75 Å². The molecule has 2 amide bonds. The zero-order valence-electron chi connectivity index (χ0n) is 14.4. The second-order valence-corrected chi connectivity index (χ2v) is 5.92. The zero-order chi connectivity index (χ0) is 19.5. The first-order chi connectivity index (χ1) is 13.0. The Balaban J connectivity index is 1.57. The molecule has 0 radical (unpaired) electrons. The first-order valence-corrected chi connectivity index (χ1v) is 8.56. The van der Waals surface area contributed by atoms with Gasteiger partial charge in [-0.2, -0.15) is 0 Å². The largest absolute Gasteiger partial charge is 0.484 e. The van der Waals surface area contributed by atoms with E-state index in [1.54, 1.807) is 24.3 Å². The molecule has 0 heterocycles. The van der Waals surface area contributed by atoms with Crippen molar-refractivity contribution in [1.82, 2.24) is 10.9 Å². The van der Waals surface area contributed by atoms with Gasteiger partial charge in [0.05, 0.1) is 0 Å². The van der Waals surface area contributed by atoms with Gasteiger partial charge >= 0.3 is 5.97 Å². The SMILES string of the molecule is O=C(COC(=O)CCc1ccccc1)NNC(=O)COc1ccc(Cl)cc1.